The Morgan fingerprint density at radius 1 is 0.885 bits per heavy atom. The third kappa shape index (κ3) is 3.05. The number of fused-ring (bicyclic) bond motifs is 1. The third-order valence-corrected chi connectivity index (χ3v) is 4.87. The number of ether oxygens (including phenoxy) is 1. The van der Waals surface area contributed by atoms with Crippen molar-refractivity contribution in [1.82, 2.24) is 0 Å². The smallest absolute Gasteiger partial charge is 0.323 e. The fraction of sp³-hybridized carbons (Fsp3) is 0.409. The first-order chi connectivity index (χ1) is 11.9. The van der Waals surface area contributed by atoms with Crippen LogP contribution in [-0.4, -0.2) is 16.2 Å². The topological polar surface area (TPSA) is 66.8 Å². The van der Waals surface area contributed by atoms with Gasteiger partial charge in [0.2, 0.25) is 0 Å². The second kappa shape index (κ2) is 5.76. The second-order valence-electron chi connectivity index (χ2n) is 9.04. The number of phenolic OH excluding ortho intramolecular Hbond substituents is 2. The van der Waals surface area contributed by atoms with E-state index in [-0.39, 0.29) is 28.3 Å². The van der Waals surface area contributed by atoms with E-state index >= 15 is 0 Å². The van der Waals surface area contributed by atoms with Gasteiger partial charge in [-0.05, 0) is 34.1 Å². The average Bonchev–Trinajstić information content (AvgIpc) is 2.83. The molecule has 26 heavy (non-hydrogen) atoms. The first-order valence-electron chi connectivity index (χ1n) is 8.82. The van der Waals surface area contributed by atoms with Crippen molar-refractivity contribution < 1.29 is 19.7 Å². The summed E-state index contributed by atoms with van der Waals surface area (Å²) in [7, 11) is 0. The molecule has 0 saturated heterocycles. The number of carbonyl (C=O) groups excluding carboxylic acids is 1. The van der Waals surface area contributed by atoms with Crippen LogP contribution < -0.4 is 4.74 Å². The van der Waals surface area contributed by atoms with Gasteiger partial charge in [0.1, 0.15) is 11.7 Å². The van der Waals surface area contributed by atoms with Crippen molar-refractivity contribution in [2.45, 2.75) is 58.3 Å². The Balaban J connectivity index is 2.26. The van der Waals surface area contributed by atoms with Gasteiger partial charge >= 0.3 is 5.97 Å². The number of aromatic hydroxyl groups is 2. The molecule has 1 aliphatic heterocycles. The highest BCUT2D eigenvalue weighted by Crippen LogP contribution is 2.47. The SMILES string of the molecule is CC(C)(C)c1cc2c(c(C(C)(C)C)c1)OC(=O)C2c1ccc(O)c(O)c1. The molecule has 0 amide bonds. The molecule has 4 heteroatoms. The maximum atomic E-state index is 12.7. The Bertz CT molecular complexity index is 882. The summed E-state index contributed by atoms with van der Waals surface area (Å²) >= 11 is 0. The van der Waals surface area contributed by atoms with Gasteiger partial charge in [0.15, 0.2) is 11.5 Å². The van der Waals surface area contributed by atoms with Gasteiger partial charge in [-0.3, -0.25) is 4.79 Å². The number of esters is 1. The van der Waals surface area contributed by atoms with Crippen LogP contribution in [0.2, 0.25) is 0 Å². The number of hydrogen-bond donors (Lipinski definition) is 2. The zero-order valence-electron chi connectivity index (χ0n) is 16.2. The molecule has 138 valence electrons. The summed E-state index contributed by atoms with van der Waals surface area (Å²) < 4.78 is 5.69. The first-order valence-corrected chi connectivity index (χ1v) is 8.82. The van der Waals surface area contributed by atoms with Crippen LogP contribution in [0.4, 0.5) is 0 Å². The third-order valence-electron chi connectivity index (χ3n) is 4.87. The number of hydrogen-bond acceptors (Lipinski definition) is 4. The van der Waals surface area contributed by atoms with E-state index in [1.807, 2.05) is 6.07 Å². The van der Waals surface area contributed by atoms with E-state index in [0.717, 1.165) is 16.7 Å². The predicted molar refractivity (Wildman–Crippen MR) is 101 cm³/mol. The van der Waals surface area contributed by atoms with Crippen LogP contribution in [0.3, 0.4) is 0 Å². The maximum absolute atomic E-state index is 12.7. The zero-order valence-corrected chi connectivity index (χ0v) is 16.2. The summed E-state index contributed by atoms with van der Waals surface area (Å²) in [6.07, 6.45) is 0. The summed E-state index contributed by atoms with van der Waals surface area (Å²) in [6.45, 7) is 12.7. The molecule has 0 fully saturated rings. The quantitative estimate of drug-likeness (QED) is 0.441. The summed E-state index contributed by atoms with van der Waals surface area (Å²) in [4.78, 5) is 12.7. The van der Waals surface area contributed by atoms with E-state index in [1.54, 1.807) is 6.07 Å². The minimum Gasteiger partial charge on any atom is -0.504 e. The van der Waals surface area contributed by atoms with Crippen molar-refractivity contribution in [3.05, 3.63) is 52.6 Å². The lowest BCUT2D eigenvalue weighted by atomic mass is 9.77. The molecule has 2 aromatic carbocycles. The number of carbonyl (C=O) groups is 1. The molecule has 0 saturated carbocycles. The van der Waals surface area contributed by atoms with Gasteiger partial charge in [0.05, 0.1) is 0 Å². The summed E-state index contributed by atoms with van der Waals surface area (Å²) in [5.41, 5.74) is 3.29. The average molecular weight is 354 g/mol. The molecule has 2 aromatic rings. The minimum atomic E-state index is -0.611. The van der Waals surface area contributed by atoms with E-state index < -0.39 is 5.92 Å². The number of benzene rings is 2. The van der Waals surface area contributed by atoms with Crippen LogP contribution in [0, 0.1) is 0 Å². The van der Waals surface area contributed by atoms with Crippen LogP contribution in [0.15, 0.2) is 30.3 Å². The first kappa shape index (κ1) is 18.3. The standard InChI is InChI=1S/C22H26O4/c1-21(2,3)13-10-14-18(12-7-8-16(23)17(24)9-12)20(25)26-19(14)15(11-13)22(4,5)6/h7-11,18,23-24H,1-6H3. The highest BCUT2D eigenvalue weighted by Gasteiger charge is 2.39. The summed E-state index contributed by atoms with van der Waals surface area (Å²) in [5, 5.41) is 19.4. The van der Waals surface area contributed by atoms with Crippen molar-refractivity contribution in [2.24, 2.45) is 0 Å². The molecule has 1 heterocycles. The lowest BCUT2D eigenvalue weighted by Gasteiger charge is -2.27. The Morgan fingerprint density at radius 2 is 1.54 bits per heavy atom. The molecular formula is C22H26O4. The Morgan fingerprint density at radius 3 is 2.08 bits per heavy atom. The van der Waals surface area contributed by atoms with E-state index in [1.165, 1.54) is 12.1 Å². The van der Waals surface area contributed by atoms with Crippen molar-refractivity contribution >= 4 is 5.97 Å². The maximum Gasteiger partial charge on any atom is 0.323 e. The van der Waals surface area contributed by atoms with Crippen LogP contribution in [-0.2, 0) is 15.6 Å². The molecule has 1 unspecified atom stereocenters. The van der Waals surface area contributed by atoms with Crippen LogP contribution in [0.1, 0.15) is 69.7 Å². The normalized spacial score (nSPS) is 17.2. The lowest BCUT2D eigenvalue weighted by molar-refractivity contribution is -0.133. The van der Waals surface area contributed by atoms with Gasteiger partial charge in [0.25, 0.3) is 0 Å². The summed E-state index contributed by atoms with van der Waals surface area (Å²) in [6, 6.07) is 8.63. The highest BCUT2D eigenvalue weighted by atomic mass is 16.5. The number of rotatable bonds is 1. The van der Waals surface area contributed by atoms with Crippen molar-refractivity contribution in [3.8, 4) is 17.2 Å². The minimum absolute atomic E-state index is 0.0810. The van der Waals surface area contributed by atoms with Gasteiger partial charge in [-0.25, -0.2) is 0 Å². The van der Waals surface area contributed by atoms with E-state index in [9.17, 15) is 15.0 Å². The lowest BCUT2D eigenvalue weighted by Crippen LogP contribution is -2.17. The van der Waals surface area contributed by atoms with E-state index in [4.69, 9.17) is 4.74 Å². The zero-order chi connectivity index (χ0) is 19.4. The Labute approximate surface area is 154 Å². The van der Waals surface area contributed by atoms with Crippen LogP contribution in [0.25, 0.3) is 0 Å². The fourth-order valence-electron chi connectivity index (χ4n) is 3.29. The monoisotopic (exact) mass is 354 g/mol. The molecule has 1 atom stereocenters. The molecule has 2 N–H and O–H groups in total. The molecular weight excluding hydrogens is 328 g/mol. The van der Waals surface area contributed by atoms with Gasteiger partial charge in [-0.1, -0.05) is 59.7 Å². The molecule has 3 rings (SSSR count). The number of phenols is 2. The molecule has 0 radical (unpaired) electrons. The molecule has 0 aliphatic carbocycles. The van der Waals surface area contributed by atoms with E-state index in [0.29, 0.717) is 11.3 Å². The van der Waals surface area contributed by atoms with Gasteiger partial charge in [0, 0.05) is 11.1 Å². The van der Waals surface area contributed by atoms with Crippen LogP contribution >= 0.6 is 0 Å². The van der Waals surface area contributed by atoms with Gasteiger partial charge in [-0.2, -0.15) is 0 Å². The van der Waals surface area contributed by atoms with Crippen molar-refractivity contribution in [2.75, 3.05) is 0 Å². The fourth-order valence-corrected chi connectivity index (χ4v) is 3.29. The molecule has 4 nitrogen and oxygen atoms in total. The van der Waals surface area contributed by atoms with Crippen molar-refractivity contribution in [3.63, 3.8) is 0 Å². The summed E-state index contributed by atoms with van der Waals surface area (Å²) in [5.74, 6) is -0.805. The van der Waals surface area contributed by atoms with Crippen molar-refractivity contribution in [1.29, 1.82) is 0 Å². The Kier molecular flexibility index (Phi) is 4.06. The Hall–Kier alpha value is -2.49. The molecule has 1 aliphatic rings. The second-order valence-corrected chi connectivity index (χ2v) is 9.04. The van der Waals surface area contributed by atoms with Gasteiger partial charge < -0.3 is 14.9 Å². The van der Waals surface area contributed by atoms with Crippen LogP contribution in [0.5, 0.6) is 17.2 Å². The molecule has 0 spiro atoms. The highest BCUT2D eigenvalue weighted by molar-refractivity contribution is 5.90. The predicted octanol–water partition coefficient (Wildman–Crippen LogP) is 4.74. The molecule has 0 bridgehead atoms. The van der Waals surface area contributed by atoms with E-state index in [2.05, 4.69) is 47.6 Å². The van der Waals surface area contributed by atoms with Gasteiger partial charge in [-0.15, -0.1) is 0 Å². The molecule has 0 aromatic heterocycles. The largest absolute Gasteiger partial charge is 0.504 e.